The van der Waals surface area contributed by atoms with Crippen LogP contribution in [0.4, 0.5) is 0 Å². The summed E-state index contributed by atoms with van der Waals surface area (Å²) in [7, 11) is 0. The highest BCUT2D eigenvalue weighted by Gasteiger charge is 2.38. The number of guanidine groups is 7. The summed E-state index contributed by atoms with van der Waals surface area (Å²) in [5, 5.41) is 103. The number of hydrogen-bond donors (Lipinski definition) is 34. The lowest BCUT2D eigenvalue weighted by atomic mass is 10.0. The molecule has 0 bridgehead atoms. The standard InChI is InChI=1S/C87H132N34O12/c88-57(47-52-23-6-1-7-24-52)70(123)111-58(33-16-40-104-81(90)91)75(128)119-66(49-54-27-10-3-11-28-54)78(131)115-61(36-19-43-107-84(96)97)73(126)113-59(34-17-41-105-82(92)93)71(124)112-60(35-18-42-106-83(94)95)72(125)114-63(38-21-45-109-86(100)101)76(129)120-68(51-56-31-14-5-15-32-56)80(133)117-64(39-22-46-110-87(102)103)77(130)121-67(50-55-29-12-4-13-30-55)79(132)116-62(37-20-44-108-85(98)99)74(127)118-65(69(89)122)48-53-25-8-2-9-26-53/h1-15,23-32,57-68H,16-22,33-51,88H2,(H2,89,122)(H,111,123)(H,112,124)(H,113,126)(H,114,125)(H,115,131)(H,116,132)(H,117,133)(H,118,127)(H,119,128)(H,120,129)(H,121,130)(H4,90,91,104)(H4,92,93,105)(H4,94,95,106)(H4,96,97,107)(H4,98,99,108)(H4,100,101,109)(H4,102,103,110)/t57-,58-,59-,60-,61-,62-,63-,64-,65-,66-,67-,68-/m0/s1. The first-order chi connectivity index (χ1) is 63.5. The molecule has 43 N–H and O–H groups in total. The van der Waals surface area contributed by atoms with Gasteiger partial charge in [0, 0.05) is 71.5 Å². The van der Waals surface area contributed by atoms with Gasteiger partial charge in [-0.15, -0.1) is 0 Å². The molecule has 5 aromatic carbocycles. The highest BCUT2D eigenvalue weighted by molar-refractivity contribution is 6.00. The van der Waals surface area contributed by atoms with E-state index in [9.17, 15) is 24.0 Å². The third-order valence-electron chi connectivity index (χ3n) is 20.7. The van der Waals surface area contributed by atoms with E-state index < -0.39 is 173 Å². The van der Waals surface area contributed by atoms with Crippen LogP contribution >= 0.6 is 0 Å². The summed E-state index contributed by atoms with van der Waals surface area (Å²) in [5.74, 6) is -13.8. The van der Waals surface area contributed by atoms with Crippen molar-refractivity contribution in [3.63, 3.8) is 0 Å². The molecule has 0 unspecified atom stereocenters. The van der Waals surface area contributed by atoms with Crippen molar-refractivity contribution in [2.75, 3.05) is 45.8 Å². The molecule has 12 atom stereocenters. The molecule has 0 aliphatic rings. The van der Waals surface area contributed by atoms with Crippen molar-refractivity contribution >= 4 is 113 Å². The van der Waals surface area contributed by atoms with Crippen LogP contribution in [-0.2, 0) is 89.6 Å². The van der Waals surface area contributed by atoms with Crippen LogP contribution in [0.5, 0.6) is 0 Å². The van der Waals surface area contributed by atoms with E-state index in [-0.39, 0.29) is 180 Å². The molecule has 5 rings (SSSR count). The fraction of sp³-hybridized carbons (Fsp3) is 0.437. The van der Waals surface area contributed by atoms with E-state index in [1.54, 1.807) is 152 Å². The van der Waals surface area contributed by atoms with Gasteiger partial charge in [0.1, 0.15) is 66.5 Å². The molecule has 0 saturated heterocycles. The topological polar surface area (TPSA) is 823 Å². The minimum atomic E-state index is -1.62. The number of primary amides is 1. The number of carbonyl (C=O) groups is 12. The number of nitrogens with two attached hydrogens (primary N) is 9. The lowest BCUT2D eigenvalue weighted by Gasteiger charge is -2.29. The second-order valence-electron chi connectivity index (χ2n) is 31.5. The zero-order valence-corrected chi connectivity index (χ0v) is 74.3. The summed E-state index contributed by atoms with van der Waals surface area (Å²) < 4.78 is 0. The summed E-state index contributed by atoms with van der Waals surface area (Å²) in [6.07, 6.45) is -1.43. The van der Waals surface area contributed by atoms with E-state index in [4.69, 9.17) is 89.5 Å². The zero-order valence-electron chi connectivity index (χ0n) is 74.3. The minimum absolute atomic E-state index is 0.000838. The molecule has 46 nitrogen and oxygen atoms in total. The van der Waals surface area contributed by atoms with Crippen LogP contribution in [0.25, 0.3) is 0 Å². The maximum Gasteiger partial charge on any atom is 0.243 e. The molecule has 0 radical (unpaired) electrons. The van der Waals surface area contributed by atoms with Crippen LogP contribution in [0.15, 0.2) is 152 Å². The van der Waals surface area contributed by atoms with Gasteiger partial charge in [0.2, 0.25) is 70.9 Å². The second kappa shape index (κ2) is 59.7. The first kappa shape index (κ1) is 108. The smallest absolute Gasteiger partial charge is 0.243 e. The summed E-state index contributed by atoms with van der Waals surface area (Å²) in [5.41, 5.74) is 54.5. The minimum Gasteiger partial charge on any atom is -0.370 e. The lowest BCUT2D eigenvalue weighted by molar-refractivity contribution is -0.136. The molecule has 46 heteroatoms. The number of hydrogen-bond acceptors (Lipinski definition) is 20. The molecule has 133 heavy (non-hydrogen) atoms. The number of nitrogens with one attached hydrogen (secondary N) is 25. The Morgan fingerprint density at radius 2 is 0.346 bits per heavy atom. The Kier molecular flexibility index (Phi) is 48.5. The molecule has 0 aliphatic carbocycles. The molecule has 0 aromatic heterocycles. The van der Waals surface area contributed by atoms with Gasteiger partial charge in [-0.1, -0.05) is 152 Å². The van der Waals surface area contributed by atoms with Gasteiger partial charge in [0.25, 0.3) is 0 Å². The third-order valence-corrected chi connectivity index (χ3v) is 20.7. The van der Waals surface area contributed by atoms with Crippen LogP contribution < -0.4 is 147 Å². The van der Waals surface area contributed by atoms with Crippen LogP contribution in [0.2, 0.25) is 0 Å². The Morgan fingerprint density at radius 3 is 0.519 bits per heavy atom. The van der Waals surface area contributed by atoms with Gasteiger partial charge in [0.15, 0.2) is 41.7 Å². The first-order valence-electron chi connectivity index (χ1n) is 43.7. The summed E-state index contributed by atoms with van der Waals surface area (Å²) in [6.45, 7) is 0.0631. The second-order valence-corrected chi connectivity index (χ2v) is 31.5. The van der Waals surface area contributed by atoms with Crippen molar-refractivity contribution in [2.45, 2.75) is 194 Å². The van der Waals surface area contributed by atoms with Gasteiger partial charge in [-0.3, -0.25) is 95.4 Å². The Bertz CT molecular complexity index is 4640. The van der Waals surface area contributed by atoms with E-state index in [0.29, 0.717) is 22.3 Å². The lowest BCUT2D eigenvalue weighted by Crippen LogP contribution is -2.61. The highest BCUT2D eigenvalue weighted by atomic mass is 16.2. The van der Waals surface area contributed by atoms with Crippen molar-refractivity contribution in [3.8, 4) is 0 Å². The number of amides is 12. The largest absolute Gasteiger partial charge is 0.370 e. The Labute approximate surface area is 771 Å². The van der Waals surface area contributed by atoms with Crippen molar-refractivity contribution in [1.82, 2.24) is 95.7 Å². The third kappa shape index (κ3) is 44.4. The maximum atomic E-state index is 15.3. The normalized spacial score (nSPS) is 13.5. The fourth-order valence-electron chi connectivity index (χ4n) is 13.8. The van der Waals surface area contributed by atoms with Gasteiger partial charge < -0.3 is 147 Å². The van der Waals surface area contributed by atoms with Crippen molar-refractivity contribution in [3.05, 3.63) is 179 Å². The molecule has 0 aliphatic heterocycles. The molecule has 12 amide bonds. The van der Waals surface area contributed by atoms with Crippen molar-refractivity contribution in [1.29, 1.82) is 37.9 Å². The number of benzene rings is 5. The summed E-state index contributed by atoms with van der Waals surface area (Å²) >= 11 is 0. The van der Waals surface area contributed by atoms with Crippen LogP contribution in [0, 0.1) is 37.9 Å². The number of carbonyl (C=O) groups excluding carboxylic acids is 12. The molecular formula is C87H132N34O12. The zero-order chi connectivity index (χ0) is 97.6. The molecule has 5 aromatic rings. The van der Waals surface area contributed by atoms with E-state index >= 15 is 33.6 Å². The molecule has 0 fully saturated rings. The maximum absolute atomic E-state index is 15.3. The van der Waals surface area contributed by atoms with Gasteiger partial charge in [-0.25, -0.2) is 0 Å². The SMILES string of the molecule is N=C(N)NCCC[C@H](NC(=O)[C@H](Cc1ccccc1)NC(=O)[C@H](CCCNC(=N)N)NC(=O)[C@H](Cc1ccccc1)NC(=O)[C@H](CCCNC(=N)N)NC(=O)[C@H](CCCNC(=N)N)NC(=O)[C@H](CCCNC(=N)N)NC(=O)[C@H](CCCNC(=N)N)NC(=O)[C@H](Cc1ccccc1)NC(=O)[C@H](CCCNC(=N)N)NC(=O)[C@@H](N)Cc1ccccc1)C(=O)N[C@@H](Cc1ccccc1)C(N)=O. The van der Waals surface area contributed by atoms with Gasteiger partial charge in [-0.2, -0.15) is 0 Å². The molecular weight excluding hydrogens is 1710 g/mol. The van der Waals surface area contributed by atoms with Crippen LogP contribution in [-0.4, -0.2) is 231 Å². The quantitative estimate of drug-likeness (QED) is 0.00979. The van der Waals surface area contributed by atoms with Crippen molar-refractivity contribution < 1.29 is 57.5 Å². The average Bonchev–Trinajstić information content (AvgIpc) is 0.849. The molecule has 0 saturated carbocycles. The summed E-state index contributed by atoms with van der Waals surface area (Å²) in [6, 6.07) is 25.3. The summed E-state index contributed by atoms with van der Waals surface area (Å²) in [4.78, 5) is 177. The Hall–Kier alpha value is -15.4. The average molecular weight is 1850 g/mol. The van der Waals surface area contributed by atoms with Crippen LogP contribution in [0.1, 0.15) is 118 Å². The molecule has 0 spiro atoms. The van der Waals surface area contributed by atoms with E-state index in [1.165, 1.54) is 0 Å². The van der Waals surface area contributed by atoms with E-state index in [0.717, 1.165) is 5.56 Å². The molecule has 0 heterocycles. The monoisotopic (exact) mass is 1850 g/mol. The first-order valence-corrected chi connectivity index (χ1v) is 43.7. The van der Waals surface area contributed by atoms with Gasteiger partial charge in [0.05, 0.1) is 6.04 Å². The van der Waals surface area contributed by atoms with Crippen LogP contribution in [0.3, 0.4) is 0 Å². The molecule has 722 valence electrons. The number of rotatable bonds is 61. The van der Waals surface area contributed by atoms with E-state index in [2.05, 4.69) is 95.7 Å². The Morgan fingerprint density at radius 1 is 0.203 bits per heavy atom. The van der Waals surface area contributed by atoms with Crippen molar-refractivity contribution in [2.24, 2.45) is 51.6 Å². The predicted molar refractivity (Wildman–Crippen MR) is 503 cm³/mol. The predicted octanol–water partition coefficient (Wildman–Crippen LogP) is -5.81. The fourth-order valence-corrected chi connectivity index (χ4v) is 13.8. The van der Waals surface area contributed by atoms with Gasteiger partial charge >= 0.3 is 0 Å². The van der Waals surface area contributed by atoms with Gasteiger partial charge in [-0.05, 0) is 124 Å². The highest BCUT2D eigenvalue weighted by Crippen LogP contribution is 2.16. The Balaban J connectivity index is 1.53. The van der Waals surface area contributed by atoms with E-state index in [1.807, 2.05) is 0 Å².